The first-order valence-corrected chi connectivity index (χ1v) is 11.8. The molecule has 0 amide bonds. The van der Waals surface area contributed by atoms with Crippen LogP contribution < -0.4 is 0 Å². The molecule has 1 aromatic rings. The van der Waals surface area contributed by atoms with Gasteiger partial charge in [-0.15, -0.1) is 0 Å². The molecule has 0 bridgehead atoms. The second-order valence-corrected chi connectivity index (χ2v) is 12.9. The molecule has 3 nitrogen and oxygen atoms in total. The molecule has 1 aliphatic heterocycles. The normalized spacial score (nSPS) is 22.2. The van der Waals surface area contributed by atoms with Gasteiger partial charge in [-0.3, -0.25) is 0 Å². The van der Waals surface area contributed by atoms with Crippen molar-refractivity contribution in [1.29, 1.82) is 0 Å². The van der Waals surface area contributed by atoms with Gasteiger partial charge in [0.25, 0.3) is 0 Å². The van der Waals surface area contributed by atoms with Crippen LogP contribution in [0.4, 0.5) is 0 Å². The van der Waals surface area contributed by atoms with Crippen LogP contribution in [0.2, 0.25) is 18.1 Å². The van der Waals surface area contributed by atoms with Crippen LogP contribution in [-0.2, 0) is 15.6 Å². The van der Waals surface area contributed by atoms with Gasteiger partial charge in [0.2, 0.25) is 8.32 Å². The Bertz CT molecular complexity index is 546. The number of aliphatic hydroxyl groups excluding tert-OH is 1. The smallest absolute Gasteiger partial charge is 0.250 e. The van der Waals surface area contributed by atoms with Crippen LogP contribution in [0.5, 0.6) is 0 Å². The lowest BCUT2D eigenvalue weighted by atomic mass is 10.0. The Morgan fingerprint density at radius 2 is 1.88 bits per heavy atom. The monoisotopic (exact) mass is 348 g/mol. The van der Waals surface area contributed by atoms with Crippen molar-refractivity contribution >= 4 is 8.32 Å². The molecule has 24 heavy (non-hydrogen) atoms. The molecule has 0 radical (unpaired) electrons. The standard InChI is InChI=1S/C20H32O3Si/c1-20(2,3)24(4,5)23-18-13-17(22-19(14-18)15-21)12-11-16-9-7-6-8-10-16/h6-10,14,17,19,21H,11-13,15H2,1-5H3/t17-,19-/m1/s1. The maximum Gasteiger partial charge on any atom is 0.250 e. The highest BCUT2D eigenvalue weighted by Crippen LogP contribution is 2.39. The molecule has 2 atom stereocenters. The van der Waals surface area contributed by atoms with Gasteiger partial charge >= 0.3 is 0 Å². The van der Waals surface area contributed by atoms with Gasteiger partial charge in [-0.05, 0) is 42.6 Å². The summed E-state index contributed by atoms with van der Waals surface area (Å²) in [6, 6.07) is 10.5. The van der Waals surface area contributed by atoms with Gasteiger partial charge in [0.1, 0.15) is 6.10 Å². The van der Waals surface area contributed by atoms with Gasteiger partial charge in [-0.1, -0.05) is 51.1 Å². The molecule has 0 aliphatic carbocycles. The van der Waals surface area contributed by atoms with Gasteiger partial charge < -0.3 is 14.3 Å². The summed E-state index contributed by atoms with van der Waals surface area (Å²) >= 11 is 0. The van der Waals surface area contributed by atoms with Crippen molar-refractivity contribution in [2.24, 2.45) is 0 Å². The van der Waals surface area contributed by atoms with Crippen LogP contribution in [0.1, 0.15) is 39.2 Å². The molecule has 0 unspecified atom stereocenters. The molecule has 1 aliphatic rings. The summed E-state index contributed by atoms with van der Waals surface area (Å²) in [7, 11) is -1.86. The first-order valence-electron chi connectivity index (χ1n) is 8.91. The van der Waals surface area contributed by atoms with Crippen molar-refractivity contribution in [3.05, 3.63) is 47.7 Å². The van der Waals surface area contributed by atoms with Crippen LogP contribution in [-0.4, -0.2) is 32.2 Å². The van der Waals surface area contributed by atoms with E-state index < -0.39 is 8.32 Å². The predicted octanol–water partition coefficient (Wildman–Crippen LogP) is 4.67. The van der Waals surface area contributed by atoms with Crippen molar-refractivity contribution < 1.29 is 14.3 Å². The Morgan fingerprint density at radius 1 is 1.21 bits per heavy atom. The molecule has 1 N–H and O–H groups in total. The summed E-state index contributed by atoms with van der Waals surface area (Å²) in [5.74, 6) is 1.00. The average molecular weight is 349 g/mol. The molecule has 0 saturated heterocycles. The van der Waals surface area contributed by atoms with Gasteiger partial charge in [0, 0.05) is 6.42 Å². The molecular weight excluding hydrogens is 316 g/mol. The number of benzene rings is 1. The van der Waals surface area contributed by atoms with E-state index in [9.17, 15) is 5.11 Å². The minimum absolute atomic E-state index is 0.00615. The van der Waals surface area contributed by atoms with Crippen LogP contribution in [0.15, 0.2) is 42.2 Å². The van der Waals surface area contributed by atoms with Gasteiger partial charge in [-0.2, -0.15) is 0 Å². The zero-order chi connectivity index (χ0) is 17.8. The first kappa shape index (κ1) is 19.2. The van der Waals surface area contributed by atoms with Crippen molar-refractivity contribution in [3.8, 4) is 0 Å². The maximum atomic E-state index is 9.56. The summed E-state index contributed by atoms with van der Waals surface area (Å²) in [4.78, 5) is 0. The van der Waals surface area contributed by atoms with E-state index in [4.69, 9.17) is 9.16 Å². The van der Waals surface area contributed by atoms with Crippen LogP contribution >= 0.6 is 0 Å². The van der Waals surface area contributed by atoms with E-state index in [0.717, 1.165) is 25.0 Å². The molecular formula is C20H32O3Si. The molecule has 134 valence electrons. The van der Waals surface area contributed by atoms with E-state index in [0.29, 0.717) is 0 Å². The van der Waals surface area contributed by atoms with E-state index in [1.165, 1.54) is 5.56 Å². The predicted molar refractivity (Wildman–Crippen MR) is 101 cm³/mol. The molecule has 0 aromatic heterocycles. The molecule has 4 heteroatoms. The summed E-state index contributed by atoms with van der Waals surface area (Å²) in [5.41, 5.74) is 1.32. The number of aryl methyl sites for hydroxylation is 1. The SMILES string of the molecule is CC(C)(C)[Si](C)(C)OC1=C[C@H](CO)O[C@H](CCc2ccccc2)C1. The number of ether oxygens (including phenoxy) is 1. The lowest BCUT2D eigenvalue weighted by Gasteiger charge is -2.39. The third-order valence-electron chi connectivity index (χ3n) is 5.14. The fourth-order valence-electron chi connectivity index (χ4n) is 2.63. The van der Waals surface area contributed by atoms with Crippen LogP contribution in [0.25, 0.3) is 0 Å². The Kier molecular flexibility index (Phi) is 6.29. The van der Waals surface area contributed by atoms with Gasteiger partial charge in [0.15, 0.2) is 0 Å². The zero-order valence-corrected chi connectivity index (χ0v) is 16.7. The van der Waals surface area contributed by atoms with Crippen molar-refractivity contribution in [2.45, 2.75) is 70.4 Å². The fourth-order valence-corrected chi connectivity index (χ4v) is 3.74. The minimum Gasteiger partial charge on any atom is -0.547 e. The molecule has 1 aromatic carbocycles. The van der Waals surface area contributed by atoms with Crippen LogP contribution in [0, 0.1) is 0 Å². The van der Waals surface area contributed by atoms with Crippen LogP contribution in [0.3, 0.4) is 0 Å². The van der Waals surface area contributed by atoms with Gasteiger partial charge in [-0.25, -0.2) is 0 Å². The second kappa shape index (κ2) is 7.85. The van der Waals surface area contributed by atoms with E-state index in [-0.39, 0.29) is 23.9 Å². The quantitative estimate of drug-likeness (QED) is 0.759. The summed E-state index contributed by atoms with van der Waals surface area (Å²) in [6.07, 6.45) is 4.55. The lowest BCUT2D eigenvalue weighted by Crippen LogP contribution is -2.42. The Balaban J connectivity index is 2.00. The molecule has 0 fully saturated rings. The Labute approximate surface area is 147 Å². The Hall–Kier alpha value is -1.10. The number of rotatable bonds is 6. The molecule has 1 heterocycles. The third-order valence-corrected chi connectivity index (χ3v) is 9.52. The summed E-state index contributed by atoms with van der Waals surface area (Å²) in [5, 5.41) is 9.72. The number of aliphatic hydroxyl groups is 1. The summed E-state index contributed by atoms with van der Waals surface area (Å²) in [6.45, 7) is 11.3. The lowest BCUT2D eigenvalue weighted by molar-refractivity contribution is -0.0336. The van der Waals surface area contributed by atoms with E-state index >= 15 is 0 Å². The summed E-state index contributed by atoms with van der Waals surface area (Å²) < 4.78 is 12.5. The number of hydrogen-bond donors (Lipinski definition) is 1. The van der Waals surface area contributed by atoms with Crippen molar-refractivity contribution in [2.75, 3.05) is 6.61 Å². The highest BCUT2D eigenvalue weighted by molar-refractivity contribution is 6.74. The largest absolute Gasteiger partial charge is 0.547 e. The van der Waals surface area contributed by atoms with E-state index in [1.807, 2.05) is 12.1 Å². The van der Waals surface area contributed by atoms with Crippen molar-refractivity contribution in [1.82, 2.24) is 0 Å². The van der Waals surface area contributed by atoms with E-state index in [1.54, 1.807) is 0 Å². The maximum absolute atomic E-state index is 9.56. The van der Waals surface area contributed by atoms with Crippen molar-refractivity contribution in [3.63, 3.8) is 0 Å². The van der Waals surface area contributed by atoms with Gasteiger partial charge in [0.05, 0.1) is 18.5 Å². The van der Waals surface area contributed by atoms with E-state index in [2.05, 4.69) is 58.1 Å². The highest BCUT2D eigenvalue weighted by atomic mass is 28.4. The second-order valence-electron chi connectivity index (χ2n) is 8.20. The first-order chi connectivity index (χ1) is 11.2. The fraction of sp³-hybridized carbons (Fsp3) is 0.600. The molecule has 2 rings (SSSR count). The molecule has 0 spiro atoms. The molecule has 0 saturated carbocycles. The zero-order valence-electron chi connectivity index (χ0n) is 15.7. The minimum atomic E-state index is -1.86. The highest BCUT2D eigenvalue weighted by Gasteiger charge is 2.40. The topological polar surface area (TPSA) is 38.7 Å². The third kappa shape index (κ3) is 5.20. The number of hydrogen-bond acceptors (Lipinski definition) is 3. The average Bonchev–Trinajstić information content (AvgIpc) is 2.52. The Morgan fingerprint density at radius 3 is 2.46 bits per heavy atom.